The quantitative estimate of drug-likeness (QED) is 0.484. The molecule has 78 valence electrons. The minimum atomic E-state index is 0.536. The minimum absolute atomic E-state index is 0.536. The molecule has 0 spiro atoms. The molecule has 13 heavy (non-hydrogen) atoms. The first-order chi connectivity index (χ1) is 6.13. The highest BCUT2D eigenvalue weighted by molar-refractivity contribution is 5.52. The first-order valence-corrected chi connectivity index (χ1v) is 5.02. The van der Waals surface area contributed by atoms with Crippen LogP contribution >= 0.6 is 0 Å². The normalized spacial score (nSPS) is 11.5. The first-order valence-electron chi connectivity index (χ1n) is 5.02. The lowest BCUT2D eigenvalue weighted by molar-refractivity contribution is 0.396. The average molecular weight is 184 g/mol. The van der Waals surface area contributed by atoms with Crippen LogP contribution in [0.25, 0.3) is 0 Å². The molecule has 2 heteroatoms. The van der Waals surface area contributed by atoms with Crippen molar-refractivity contribution in [3.05, 3.63) is 11.8 Å². The maximum absolute atomic E-state index is 4.16. The predicted molar refractivity (Wildman–Crippen MR) is 61.9 cm³/mol. The van der Waals surface area contributed by atoms with Gasteiger partial charge < -0.3 is 0 Å². The van der Waals surface area contributed by atoms with E-state index in [0.29, 0.717) is 5.92 Å². The third kappa shape index (κ3) is 6.38. The zero-order valence-corrected chi connectivity index (χ0v) is 10.1. The van der Waals surface area contributed by atoms with Gasteiger partial charge in [0.2, 0.25) is 0 Å². The van der Waals surface area contributed by atoms with Crippen molar-refractivity contribution in [3.63, 3.8) is 0 Å². The maximum atomic E-state index is 4.16. The van der Waals surface area contributed by atoms with Gasteiger partial charge in [0.05, 0.1) is 0 Å². The molecular weight excluding hydrogens is 160 g/mol. The van der Waals surface area contributed by atoms with E-state index >= 15 is 0 Å². The highest BCUT2D eigenvalue weighted by atomic mass is 15.4. The van der Waals surface area contributed by atoms with Crippen molar-refractivity contribution in [1.29, 1.82) is 0 Å². The van der Waals surface area contributed by atoms with Gasteiger partial charge in [-0.2, -0.15) is 5.10 Å². The fraction of sp³-hybridized carbons (Fsp3) is 0.727. The second kappa shape index (κ2) is 9.30. The Morgan fingerprint density at radius 1 is 1.23 bits per heavy atom. The summed E-state index contributed by atoms with van der Waals surface area (Å²) in [7, 11) is 1.97. The first kappa shape index (κ1) is 14.7. The zero-order chi connectivity index (χ0) is 10.9. The third-order valence-electron chi connectivity index (χ3n) is 1.55. The summed E-state index contributed by atoms with van der Waals surface area (Å²) in [5, 5.41) is 6.06. The van der Waals surface area contributed by atoms with E-state index in [0.717, 1.165) is 0 Å². The summed E-state index contributed by atoms with van der Waals surface area (Å²) >= 11 is 0. The van der Waals surface area contributed by atoms with Crippen molar-refractivity contribution in [2.75, 3.05) is 7.05 Å². The van der Waals surface area contributed by atoms with Crippen LogP contribution in [0, 0.1) is 5.92 Å². The van der Waals surface area contributed by atoms with Gasteiger partial charge in [-0.3, -0.25) is 5.01 Å². The molecule has 0 aliphatic heterocycles. The summed E-state index contributed by atoms with van der Waals surface area (Å²) in [4.78, 5) is 0. The Balaban J connectivity index is 0. The van der Waals surface area contributed by atoms with E-state index in [2.05, 4.69) is 25.0 Å². The van der Waals surface area contributed by atoms with Gasteiger partial charge in [-0.05, 0) is 19.8 Å². The van der Waals surface area contributed by atoms with E-state index in [1.54, 1.807) is 6.21 Å². The van der Waals surface area contributed by atoms with Gasteiger partial charge in [-0.1, -0.05) is 33.8 Å². The molecule has 0 heterocycles. The van der Waals surface area contributed by atoms with Crippen molar-refractivity contribution in [2.45, 2.75) is 41.5 Å². The summed E-state index contributed by atoms with van der Waals surface area (Å²) in [6.07, 6.45) is 3.89. The number of nitrogens with zero attached hydrogens (tertiary/aromatic N) is 2. The summed E-state index contributed by atoms with van der Waals surface area (Å²) in [6, 6.07) is 0. The Bertz CT molecular complexity index is 157. The van der Waals surface area contributed by atoms with Gasteiger partial charge in [0.1, 0.15) is 0 Å². The molecule has 0 saturated heterocycles. The molecule has 0 bridgehead atoms. The van der Waals surface area contributed by atoms with Crippen molar-refractivity contribution in [2.24, 2.45) is 11.0 Å². The molecule has 0 aliphatic carbocycles. The standard InChI is InChI=1S/C9H18N2.C2H6/c1-6-9(8(3)4)11(5)10-7-2;1-2/h6-8H,1-5H3;1-2H3/b9-6-,10-7-;. The Morgan fingerprint density at radius 3 is 1.92 bits per heavy atom. The van der Waals surface area contributed by atoms with Gasteiger partial charge in [0.25, 0.3) is 0 Å². The molecule has 0 saturated carbocycles. The number of allylic oxidation sites excluding steroid dienone is 2. The Morgan fingerprint density at radius 2 is 1.69 bits per heavy atom. The molecule has 0 aromatic carbocycles. The maximum Gasteiger partial charge on any atom is 0.0347 e. The van der Waals surface area contributed by atoms with Crippen LogP contribution in [0.2, 0.25) is 0 Å². The second-order valence-electron chi connectivity index (χ2n) is 2.77. The van der Waals surface area contributed by atoms with Crippen molar-refractivity contribution < 1.29 is 0 Å². The highest BCUT2D eigenvalue weighted by Crippen LogP contribution is 2.12. The summed E-state index contributed by atoms with van der Waals surface area (Å²) in [6.45, 7) is 12.3. The van der Waals surface area contributed by atoms with Crippen LogP contribution in [0.1, 0.15) is 41.5 Å². The van der Waals surface area contributed by atoms with E-state index in [-0.39, 0.29) is 0 Å². The average Bonchev–Trinajstić information content (AvgIpc) is 2.09. The molecule has 0 N–H and O–H groups in total. The van der Waals surface area contributed by atoms with Crippen LogP contribution in [0.4, 0.5) is 0 Å². The van der Waals surface area contributed by atoms with Crippen molar-refractivity contribution in [1.82, 2.24) is 5.01 Å². The largest absolute Gasteiger partial charge is 0.273 e. The molecule has 0 unspecified atom stereocenters. The summed E-state index contributed by atoms with van der Waals surface area (Å²) in [5.74, 6) is 0.536. The fourth-order valence-corrected chi connectivity index (χ4v) is 1.13. The highest BCUT2D eigenvalue weighted by Gasteiger charge is 2.04. The van der Waals surface area contributed by atoms with Crippen LogP contribution in [0.5, 0.6) is 0 Å². The van der Waals surface area contributed by atoms with Gasteiger partial charge in [0.15, 0.2) is 0 Å². The Kier molecular flexibility index (Phi) is 10.5. The van der Waals surface area contributed by atoms with E-state index in [4.69, 9.17) is 0 Å². The SMILES string of the molecule is C/C=N\N(C)/C(=C\C)C(C)C.CC. The lowest BCUT2D eigenvalue weighted by Gasteiger charge is -2.19. The monoisotopic (exact) mass is 184 g/mol. The molecule has 0 atom stereocenters. The van der Waals surface area contributed by atoms with Crippen LogP contribution in [0.3, 0.4) is 0 Å². The van der Waals surface area contributed by atoms with E-state index in [1.807, 2.05) is 39.8 Å². The van der Waals surface area contributed by atoms with E-state index in [9.17, 15) is 0 Å². The topological polar surface area (TPSA) is 15.6 Å². The molecule has 0 radical (unpaired) electrons. The van der Waals surface area contributed by atoms with E-state index < -0.39 is 0 Å². The number of hydrogen-bond acceptors (Lipinski definition) is 2. The van der Waals surface area contributed by atoms with Gasteiger partial charge in [0, 0.05) is 19.0 Å². The van der Waals surface area contributed by atoms with Gasteiger partial charge >= 0.3 is 0 Å². The van der Waals surface area contributed by atoms with Crippen molar-refractivity contribution >= 4 is 6.21 Å². The number of rotatable bonds is 3. The number of hydrogen-bond donors (Lipinski definition) is 0. The van der Waals surface area contributed by atoms with Crippen LogP contribution in [0.15, 0.2) is 16.9 Å². The Hall–Kier alpha value is -0.790. The number of hydrazone groups is 1. The molecule has 0 fully saturated rings. The molecule has 0 amide bonds. The molecule has 0 aromatic heterocycles. The summed E-state index contributed by atoms with van der Waals surface area (Å²) in [5.41, 5.74) is 1.25. The van der Waals surface area contributed by atoms with Crippen LogP contribution in [-0.4, -0.2) is 18.3 Å². The molecule has 0 aliphatic rings. The summed E-state index contributed by atoms with van der Waals surface area (Å²) < 4.78 is 0. The zero-order valence-electron chi connectivity index (χ0n) is 10.1. The third-order valence-corrected chi connectivity index (χ3v) is 1.55. The molecule has 2 nitrogen and oxygen atoms in total. The van der Waals surface area contributed by atoms with Gasteiger partial charge in [-0.25, -0.2) is 0 Å². The van der Waals surface area contributed by atoms with Crippen LogP contribution in [-0.2, 0) is 0 Å². The molecular formula is C11H24N2. The second-order valence-corrected chi connectivity index (χ2v) is 2.77. The fourth-order valence-electron chi connectivity index (χ4n) is 1.13. The Labute approximate surface area is 83.3 Å². The van der Waals surface area contributed by atoms with E-state index in [1.165, 1.54) is 5.70 Å². The lowest BCUT2D eigenvalue weighted by Crippen LogP contribution is -2.14. The smallest absolute Gasteiger partial charge is 0.0347 e. The minimum Gasteiger partial charge on any atom is -0.273 e. The van der Waals surface area contributed by atoms with Crippen molar-refractivity contribution in [3.8, 4) is 0 Å². The van der Waals surface area contributed by atoms with Crippen LogP contribution < -0.4 is 0 Å². The molecule has 0 rings (SSSR count). The molecule has 0 aromatic rings. The van der Waals surface area contributed by atoms with Gasteiger partial charge in [-0.15, -0.1) is 0 Å². The predicted octanol–water partition coefficient (Wildman–Crippen LogP) is 3.51. The lowest BCUT2D eigenvalue weighted by atomic mass is 10.1.